The highest BCUT2D eigenvalue weighted by Gasteiger charge is 2.41. The Morgan fingerprint density at radius 1 is 1.37 bits per heavy atom. The number of ether oxygens (including phenoxy) is 2. The van der Waals surface area contributed by atoms with Crippen LogP contribution in [-0.4, -0.2) is 28.8 Å². The fourth-order valence-electron chi connectivity index (χ4n) is 2.00. The molecule has 3 aliphatic rings. The first kappa shape index (κ1) is 11.4. The molecule has 0 saturated heterocycles. The molecule has 0 bridgehead atoms. The van der Waals surface area contributed by atoms with Crippen LogP contribution in [0, 0.1) is 4.91 Å². The van der Waals surface area contributed by atoms with Crippen molar-refractivity contribution in [3.05, 3.63) is 53.8 Å². The summed E-state index contributed by atoms with van der Waals surface area (Å²) in [6.45, 7) is 0.416. The molecule has 0 fully saturated rings. The average Bonchev–Trinajstić information content (AvgIpc) is 2.47. The van der Waals surface area contributed by atoms with Crippen molar-refractivity contribution in [2.24, 2.45) is 10.2 Å². The molecular formula is C12H9N3O4. The molecule has 3 rings (SSSR count). The van der Waals surface area contributed by atoms with E-state index in [1.165, 1.54) is 18.8 Å². The van der Waals surface area contributed by atoms with Crippen LogP contribution in [0.5, 0.6) is 0 Å². The van der Waals surface area contributed by atoms with Gasteiger partial charge in [0, 0.05) is 30.1 Å². The number of amidine groups is 1. The molecule has 0 radical (unpaired) electrons. The highest BCUT2D eigenvalue weighted by atomic mass is 16.5. The van der Waals surface area contributed by atoms with Gasteiger partial charge in [0.25, 0.3) is 0 Å². The van der Waals surface area contributed by atoms with Crippen molar-refractivity contribution < 1.29 is 14.3 Å². The van der Waals surface area contributed by atoms with E-state index in [-0.39, 0.29) is 5.70 Å². The van der Waals surface area contributed by atoms with Gasteiger partial charge in [-0.3, -0.25) is 4.79 Å². The van der Waals surface area contributed by atoms with Crippen molar-refractivity contribution in [2.75, 3.05) is 6.54 Å². The zero-order valence-corrected chi connectivity index (χ0v) is 9.72. The Morgan fingerprint density at radius 2 is 2.16 bits per heavy atom. The Labute approximate surface area is 108 Å². The van der Waals surface area contributed by atoms with Gasteiger partial charge in [0.15, 0.2) is 5.84 Å². The van der Waals surface area contributed by atoms with Crippen LogP contribution in [0.3, 0.4) is 0 Å². The first-order valence-electron chi connectivity index (χ1n) is 5.54. The van der Waals surface area contributed by atoms with Crippen molar-refractivity contribution in [1.82, 2.24) is 4.90 Å². The van der Waals surface area contributed by atoms with Crippen molar-refractivity contribution in [3.8, 4) is 0 Å². The highest BCUT2D eigenvalue weighted by Crippen LogP contribution is 2.30. The van der Waals surface area contributed by atoms with Crippen LogP contribution in [0.4, 0.5) is 0 Å². The van der Waals surface area contributed by atoms with Gasteiger partial charge < -0.3 is 14.4 Å². The summed E-state index contributed by atoms with van der Waals surface area (Å²) < 4.78 is 10.6. The van der Waals surface area contributed by atoms with Crippen molar-refractivity contribution in [3.63, 3.8) is 0 Å². The standard InChI is InChI=1S/C12H9N3O4/c16-10(14-17)9-1-4-15-5-8-19-12(11(15)13-9)2-6-18-7-3-12/h1-3,5-8H,4H2. The highest BCUT2D eigenvalue weighted by molar-refractivity contribution is 6.03. The Bertz CT molecular complexity index is 574. The number of rotatable bonds is 1. The van der Waals surface area contributed by atoms with E-state index >= 15 is 0 Å². The Hall–Kier alpha value is -2.70. The van der Waals surface area contributed by atoms with Crippen LogP contribution in [0.1, 0.15) is 0 Å². The maximum atomic E-state index is 11.3. The molecule has 0 aromatic carbocycles. The fraction of sp³-hybridized carbons (Fsp3) is 0.167. The molecule has 1 amide bonds. The largest absolute Gasteiger partial charge is 0.477 e. The van der Waals surface area contributed by atoms with E-state index < -0.39 is 11.5 Å². The number of fused-ring (bicyclic) bond motifs is 2. The third-order valence-electron chi connectivity index (χ3n) is 2.92. The number of amides is 1. The lowest BCUT2D eigenvalue weighted by atomic mass is 9.98. The van der Waals surface area contributed by atoms with E-state index in [1.54, 1.807) is 24.4 Å². The smallest absolute Gasteiger partial charge is 0.334 e. The van der Waals surface area contributed by atoms with Gasteiger partial charge in [0.2, 0.25) is 5.60 Å². The molecule has 0 atom stereocenters. The van der Waals surface area contributed by atoms with Crippen molar-refractivity contribution >= 4 is 11.7 Å². The van der Waals surface area contributed by atoms with Gasteiger partial charge >= 0.3 is 5.91 Å². The van der Waals surface area contributed by atoms with Gasteiger partial charge in [0.1, 0.15) is 12.0 Å². The van der Waals surface area contributed by atoms with Gasteiger partial charge in [-0.25, -0.2) is 4.99 Å². The number of nitrogens with zero attached hydrogens (tertiary/aromatic N) is 3. The fourth-order valence-corrected chi connectivity index (χ4v) is 2.00. The number of hydrogen-bond acceptors (Lipinski definition) is 6. The van der Waals surface area contributed by atoms with E-state index in [2.05, 4.69) is 10.2 Å². The molecule has 7 heteroatoms. The quantitative estimate of drug-likeness (QED) is 0.660. The van der Waals surface area contributed by atoms with E-state index in [0.29, 0.717) is 12.4 Å². The third kappa shape index (κ3) is 1.75. The minimum atomic E-state index is -0.921. The van der Waals surface area contributed by atoms with E-state index in [1.807, 2.05) is 4.90 Å². The van der Waals surface area contributed by atoms with Crippen LogP contribution in [0.25, 0.3) is 0 Å². The molecule has 0 aromatic rings. The summed E-state index contributed by atoms with van der Waals surface area (Å²) in [6, 6.07) is 0. The predicted molar refractivity (Wildman–Crippen MR) is 65.3 cm³/mol. The summed E-state index contributed by atoms with van der Waals surface area (Å²) in [7, 11) is 0. The monoisotopic (exact) mass is 259 g/mol. The molecule has 0 aromatic heterocycles. The van der Waals surface area contributed by atoms with Gasteiger partial charge in [0.05, 0.1) is 12.5 Å². The summed E-state index contributed by atoms with van der Waals surface area (Å²) in [4.78, 5) is 27.6. The third-order valence-corrected chi connectivity index (χ3v) is 2.92. The number of hydrogen-bond donors (Lipinski definition) is 0. The lowest BCUT2D eigenvalue weighted by molar-refractivity contribution is -0.114. The molecule has 0 N–H and O–H groups in total. The van der Waals surface area contributed by atoms with E-state index in [4.69, 9.17) is 9.47 Å². The first-order valence-corrected chi connectivity index (χ1v) is 5.54. The van der Waals surface area contributed by atoms with Crippen LogP contribution < -0.4 is 0 Å². The van der Waals surface area contributed by atoms with E-state index in [0.717, 1.165) is 0 Å². The minimum absolute atomic E-state index is 0.0211. The summed E-state index contributed by atoms with van der Waals surface area (Å²) in [5.74, 6) is -0.405. The minimum Gasteiger partial charge on any atom is -0.477 e. The van der Waals surface area contributed by atoms with Crippen molar-refractivity contribution in [1.29, 1.82) is 0 Å². The van der Waals surface area contributed by atoms with Gasteiger partial charge in [-0.2, -0.15) is 0 Å². The zero-order chi connectivity index (χ0) is 13.3. The van der Waals surface area contributed by atoms with Crippen LogP contribution in [0.15, 0.2) is 59.1 Å². The lowest BCUT2D eigenvalue weighted by Crippen LogP contribution is -2.50. The Balaban J connectivity index is 2.05. The molecule has 19 heavy (non-hydrogen) atoms. The second-order valence-corrected chi connectivity index (χ2v) is 4.01. The maximum absolute atomic E-state index is 11.3. The molecule has 3 aliphatic heterocycles. The predicted octanol–water partition coefficient (Wildman–Crippen LogP) is 1.18. The lowest BCUT2D eigenvalue weighted by Gasteiger charge is -2.39. The van der Waals surface area contributed by atoms with Crippen LogP contribution in [-0.2, 0) is 14.3 Å². The van der Waals surface area contributed by atoms with Crippen LogP contribution >= 0.6 is 0 Å². The molecule has 0 aliphatic carbocycles. The molecule has 96 valence electrons. The number of carbonyl (C=O) groups is 1. The molecule has 1 spiro atoms. The summed E-state index contributed by atoms with van der Waals surface area (Å²) in [6.07, 6.45) is 11.1. The normalized spacial score (nSPS) is 22.0. The molecule has 0 saturated carbocycles. The Kier molecular flexibility index (Phi) is 2.52. The van der Waals surface area contributed by atoms with Gasteiger partial charge in [-0.05, 0) is 6.08 Å². The number of carbonyl (C=O) groups excluding carboxylic acids is 1. The second-order valence-electron chi connectivity index (χ2n) is 4.01. The first-order chi connectivity index (χ1) is 9.25. The van der Waals surface area contributed by atoms with Crippen LogP contribution in [0.2, 0.25) is 0 Å². The average molecular weight is 259 g/mol. The van der Waals surface area contributed by atoms with Gasteiger partial charge in [-0.15, -0.1) is 4.91 Å². The zero-order valence-electron chi connectivity index (χ0n) is 9.72. The Morgan fingerprint density at radius 3 is 2.89 bits per heavy atom. The molecule has 7 nitrogen and oxygen atoms in total. The number of nitroso groups, excluding NO2 is 1. The topological polar surface area (TPSA) is 80.6 Å². The maximum Gasteiger partial charge on any atom is 0.334 e. The van der Waals surface area contributed by atoms with Gasteiger partial charge in [-0.1, -0.05) is 0 Å². The summed E-state index contributed by atoms with van der Waals surface area (Å²) in [5, 5.41) is 2.38. The van der Waals surface area contributed by atoms with E-state index in [9.17, 15) is 9.70 Å². The van der Waals surface area contributed by atoms with Crippen molar-refractivity contribution in [2.45, 2.75) is 5.60 Å². The number of aliphatic imine (C=N–C) groups is 1. The summed E-state index contributed by atoms with van der Waals surface area (Å²) in [5.41, 5.74) is -0.900. The second kappa shape index (κ2) is 4.20. The molecular weight excluding hydrogens is 250 g/mol. The summed E-state index contributed by atoms with van der Waals surface area (Å²) >= 11 is 0. The molecule has 3 heterocycles. The SMILES string of the molecule is O=NC(=O)C1=CCN2C=COC3(C=COC=C3)C2=N1. The molecule has 0 unspecified atom stereocenters.